The number of nitrogens with zero attached hydrogens (tertiary/aromatic N) is 1. The quantitative estimate of drug-likeness (QED) is 0.828. The van der Waals surface area contributed by atoms with E-state index < -0.39 is 0 Å². The Bertz CT molecular complexity index is 508. The molecule has 0 unspecified atom stereocenters. The second kappa shape index (κ2) is 6.65. The van der Waals surface area contributed by atoms with Gasteiger partial charge in [-0.05, 0) is 43.2 Å². The van der Waals surface area contributed by atoms with Gasteiger partial charge in [0.05, 0.1) is 0 Å². The SMILES string of the molecule is c1cc(NC2CCCCCCC2)cc(-n2cccc2)c1. The number of hydrogen-bond acceptors (Lipinski definition) is 1. The molecule has 0 spiro atoms. The Labute approximate surface area is 121 Å². The van der Waals surface area contributed by atoms with Gasteiger partial charge in [0, 0.05) is 29.8 Å². The van der Waals surface area contributed by atoms with Gasteiger partial charge < -0.3 is 9.88 Å². The summed E-state index contributed by atoms with van der Waals surface area (Å²) in [6.45, 7) is 0. The molecule has 0 amide bonds. The van der Waals surface area contributed by atoms with Crippen LogP contribution in [0.15, 0.2) is 48.8 Å². The van der Waals surface area contributed by atoms with Crippen molar-refractivity contribution in [3.8, 4) is 5.69 Å². The van der Waals surface area contributed by atoms with Crippen molar-refractivity contribution in [1.29, 1.82) is 0 Å². The summed E-state index contributed by atoms with van der Waals surface area (Å²) < 4.78 is 2.16. The molecule has 106 valence electrons. The lowest BCUT2D eigenvalue weighted by atomic mass is 9.96. The number of hydrogen-bond donors (Lipinski definition) is 1. The van der Waals surface area contributed by atoms with Gasteiger partial charge in [0.1, 0.15) is 0 Å². The summed E-state index contributed by atoms with van der Waals surface area (Å²) >= 11 is 0. The fraction of sp³-hybridized carbons (Fsp3) is 0.444. The molecule has 1 aromatic carbocycles. The Balaban J connectivity index is 1.69. The smallest absolute Gasteiger partial charge is 0.0469 e. The summed E-state index contributed by atoms with van der Waals surface area (Å²) in [6, 6.07) is 13.5. The van der Waals surface area contributed by atoms with Crippen LogP contribution in [0.25, 0.3) is 5.69 Å². The maximum atomic E-state index is 3.74. The molecule has 1 N–H and O–H groups in total. The maximum absolute atomic E-state index is 3.74. The second-order valence-corrected chi connectivity index (χ2v) is 5.83. The van der Waals surface area contributed by atoms with Crippen molar-refractivity contribution in [1.82, 2.24) is 4.57 Å². The number of aromatic nitrogens is 1. The molecular weight excluding hydrogens is 244 g/mol. The molecule has 1 fully saturated rings. The third-order valence-corrected chi connectivity index (χ3v) is 4.22. The highest BCUT2D eigenvalue weighted by molar-refractivity contribution is 5.51. The first-order valence-electron chi connectivity index (χ1n) is 7.92. The van der Waals surface area contributed by atoms with E-state index >= 15 is 0 Å². The van der Waals surface area contributed by atoms with E-state index in [1.807, 2.05) is 0 Å². The Morgan fingerprint density at radius 3 is 2.30 bits per heavy atom. The fourth-order valence-corrected chi connectivity index (χ4v) is 3.10. The molecule has 1 aliphatic carbocycles. The van der Waals surface area contributed by atoms with Crippen molar-refractivity contribution in [2.45, 2.75) is 51.0 Å². The largest absolute Gasteiger partial charge is 0.382 e. The highest BCUT2D eigenvalue weighted by Gasteiger charge is 2.11. The van der Waals surface area contributed by atoms with Gasteiger partial charge in [0.2, 0.25) is 0 Å². The van der Waals surface area contributed by atoms with Crippen LogP contribution in [-0.2, 0) is 0 Å². The molecule has 1 saturated carbocycles. The monoisotopic (exact) mass is 268 g/mol. The van der Waals surface area contributed by atoms with Gasteiger partial charge in [0.15, 0.2) is 0 Å². The van der Waals surface area contributed by atoms with E-state index in [0.29, 0.717) is 6.04 Å². The molecule has 1 aliphatic rings. The first-order valence-corrected chi connectivity index (χ1v) is 7.92. The Morgan fingerprint density at radius 2 is 1.55 bits per heavy atom. The van der Waals surface area contributed by atoms with Gasteiger partial charge in [-0.15, -0.1) is 0 Å². The molecular formula is C18H24N2. The third-order valence-electron chi connectivity index (χ3n) is 4.22. The van der Waals surface area contributed by atoms with Gasteiger partial charge in [-0.1, -0.05) is 38.2 Å². The van der Waals surface area contributed by atoms with Gasteiger partial charge in [-0.25, -0.2) is 0 Å². The van der Waals surface area contributed by atoms with E-state index in [1.54, 1.807) is 0 Å². The molecule has 0 atom stereocenters. The van der Waals surface area contributed by atoms with Crippen LogP contribution >= 0.6 is 0 Å². The molecule has 2 nitrogen and oxygen atoms in total. The predicted octanol–water partition coefficient (Wildman–Crippen LogP) is 5.00. The topological polar surface area (TPSA) is 17.0 Å². The lowest BCUT2D eigenvalue weighted by molar-refractivity contribution is 0.471. The average Bonchev–Trinajstić information content (AvgIpc) is 2.96. The number of nitrogens with one attached hydrogen (secondary N) is 1. The third kappa shape index (κ3) is 3.44. The number of rotatable bonds is 3. The van der Waals surface area contributed by atoms with Crippen molar-refractivity contribution in [2.24, 2.45) is 0 Å². The van der Waals surface area contributed by atoms with E-state index in [9.17, 15) is 0 Å². The van der Waals surface area contributed by atoms with Crippen molar-refractivity contribution < 1.29 is 0 Å². The van der Waals surface area contributed by atoms with Crippen molar-refractivity contribution in [3.05, 3.63) is 48.8 Å². The Morgan fingerprint density at radius 1 is 0.850 bits per heavy atom. The molecule has 0 radical (unpaired) electrons. The predicted molar refractivity (Wildman–Crippen MR) is 85.5 cm³/mol. The van der Waals surface area contributed by atoms with E-state index in [-0.39, 0.29) is 0 Å². The van der Waals surface area contributed by atoms with Gasteiger partial charge in [0.25, 0.3) is 0 Å². The average molecular weight is 268 g/mol. The van der Waals surface area contributed by atoms with Gasteiger partial charge in [-0.3, -0.25) is 0 Å². The summed E-state index contributed by atoms with van der Waals surface area (Å²) in [5, 5.41) is 3.74. The molecule has 2 heteroatoms. The van der Waals surface area contributed by atoms with E-state index in [1.165, 1.54) is 56.3 Å². The van der Waals surface area contributed by atoms with Crippen LogP contribution < -0.4 is 5.32 Å². The zero-order valence-corrected chi connectivity index (χ0v) is 12.1. The molecule has 0 bridgehead atoms. The van der Waals surface area contributed by atoms with E-state index in [4.69, 9.17) is 0 Å². The standard InChI is InChI=1S/C18H24N2/c1-2-4-9-16(10-5-3-1)19-17-11-8-12-18(15-17)20-13-6-7-14-20/h6-8,11-16,19H,1-5,9-10H2. The molecule has 0 saturated heterocycles. The van der Waals surface area contributed by atoms with Gasteiger partial charge in [-0.2, -0.15) is 0 Å². The summed E-state index contributed by atoms with van der Waals surface area (Å²) in [5.41, 5.74) is 2.48. The number of benzene rings is 1. The fourth-order valence-electron chi connectivity index (χ4n) is 3.10. The zero-order valence-electron chi connectivity index (χ0n) is 12.1. The Hall–Kier alpha value is -1.70. The highest BCUT2D eigenvalue weighted by atomic mass is 15.0. The van der Waals surface area contributed by atoms with Crippen LogP contribution in [0.2, 0.25) is 0 Å². The summed E-state index contributed by atoms with van der Waals surface area (Å²) in [5.74, 6) is 0. The van der Waals surface area contributed by atoms with Gasteiger partial charge >= 0.3 is 0 Å². The zero-order chi connectivity index (χ0) is 13.6. The van der Waals surface area contributed by atoms with Crippen LogP contribution in [0.3, 0.4) is 0 Å². The molecule has 2 aromatic rings. The number of anilines is 1. The van der Waals surface area contributed by atoms with Crippen LogP contribution in [0, 0.1) is 0 Å². The normalized spacial score (nSPS) is 17.4. The molecule has 0 aliphatic heterocycles. The minimum absolute atomic E-state index is 0.648. The van der Waals surface area contributed by atoms with Crippen molar-refractivity contribution in [3.63, 3.8) is 0 Å². The van der Waals surface area contributed by atoms with Crippen molar-refractivity contribution >= 4 is 5.69 Å². The highest BCUT2D eigenvalue weighted by Crippen LogP contribution is 2.22. The Kier molecular flexibility index (Phi) is 4.42. The first kappa shape index (κ1) is 13.3. The molecule has 1 aromatic heterocycles. The maximum Gasteiger partial charge on any atom is 0.0469 e. The summed E-state index contributed by atoms with van der Waals surface area (Å²) in [4.78, 5) is 0. The minimum atomic E-state index is 0.648. The lowest BCUT2D eigenvalue weighted by Gasteiger charge is -2.22. The van der Waals surface area contributed by atoms with E-state index in [2.05, 4.69) is 58.7 Å². The molecule has 20 heavy (non-hydrogen) atoms. The minimum Gasteiger partial charge on any atom is -0.382 e. The summed E-state index contributed by atoms with van der Waals surface area (Å²) in [7, 11) is 0. The van der Waals surface area contributed by atoms with Crippen LogP contribution in [0.1, 0.15) is 44.9 Å². The molecule has 3 rings (SSSR count). The second-order valence-electron chi connectivity index (χ2n) is 5.83. The van der Waals surface area contributed by atoms with E-state index in [0.717, 1.165) is 0 Å². The van der Waals surface area contributed by atoms with Crippen molar-refractivity contribution in [2.75, 3.05) is 5.32 Å². The summed E-state index contributed by atoms with van der Waals surface area (Å²) in [6.07, 6.45) is 13.8. The lowest BCUT2D eigenvalue weighted by Crippen LogP contribution is -2.20. The molecule has 1 heterocycles. The van der Waals surface area contributed by atoms with Crippen LogP contribution in [0.5, 0.6) is 0 Å². The first-order chi connectivity index (χ1) is 9.92. The van der Waals surface area contributed by atoms with Crippen LogP contribution in [-0.4, -0.2) is 10.6 Å². The van der Waals surface area contributed by atoms with Crippen LogP contribution in [0.4, 0.5) is 5.69 Å².